The molecule has 1 N–H and O–H groups in total. The summed E-state index contributed by atoms with van der Waals surface area (Å²) >= 11 is 1.72. The van der Waals surface area contributed by atoms with Gasteiger partial charge in [0.05, 0.1) is 10.7 Å². The van der Waals surface area contributed by atoms with Crippen LogP contribution in [-0.4, -0.2) is 30.1 Å². The number of carbonyl (C=O) groups is 1. The molecule has 1 fully saturated rings. The van der Waals surface area contributed by atoms with E-state index in [0.29, 0.717) is 17.9 Å². The maximum Gasteiger partial charge on any atom is 0.159 e. The summed E-state index contributed by atoms with van der Waals surface area (Å²) in [6.07, 6.45) is 3.61. The second-order valence-electron chi connectivity index (χ2n) is 6.18. The standard InChI is InChI=1S/C18H19N3O2S/c22-10-13-3-1-2-4-14(13)17-9-15(21-23-17)16-11-24-18(20-16)12-5-7-19-8-6-12/h1-4,10-12,17,19H,5-9H2. The highest BCUT2D eigenvalue weighted by molar-refractivity contribution is 7.09. The fraction of sp³-hybridized carbons (Fsp3) is 0.389. The van der Waals surface area contributed by atoms with E-state index < -0.39 is 0 Å². The van der Waals surface area contributed by atoms with Crippen molar-refractivity contribution in [1.82, 2.24) is 10.3 Å². The van der Waals surface area contributed by atoms with Gasteiger partial charge in [-0.2, -0.15) is 0 Å². The summed E-state index contributed by atoms with van der Waals surface area (Å²) in [5.41, 5.74) is 3.34. The Kier molecular flexibility index (Phi) is 4.40. The number of benzene rings is 1. The average Bonchev–Trinajstić information content (AvgIpc) is 3.32. The van der Waals surface area contributed by atoms with E-state index >= 15 is 0 Å². The van der Waals surface area contributed by atoms with Crippen LogP contribution in [0.4, 0.5) is 0 Å². The van der Waals surface area contributed by atoms with Gasteiger partial charge < -0.3 is 10.2 Å². The molecule has 2 aliphatic rings. The van der Waals surface area contributed by atoms with Gasteiger partial charge in [-0.25, -0.2) is 4.98 Å². The number of nitrogens with one attached hydrogen (secondary N) is 1. The smallest absolute Gasteiger partial charge is 0.159 e. The Balaban J connectivity index is 1.48. The van der Waals surface area contributed by atoms with Gasteiger partial charge in [0.1, 0.15) is 12.0 Å². The number of hydrogen-bond donors (Lipinski definition) is 1. The molecule has 1 aromatic carbocycles. The predicted molar refractivity (Wildman–Crippen MR) is 93.8 cm³/mol. The van der Waals surface area contributed by atoms with Crippen LogP contribution in [0.15, 0.2) is 34.8 Å². The molecule has 1 aromatic heterocycles. The molecular weight excluding hydrogens is 322 g/mol. The summed E-state index contributed by atoms with van der Waals surface area (Å²) in [7, 11) is 0. The van der Waals surface area contributed by atoms with Crippen LogP contribution in [0, 0.1) is 0 Å². The maximum atomic E-state index is 11.2. The van der Waals surface area contributed by atoms with E-state index in [-0.39, 0.29) is 6.10 Å². The van der Waals surface area contributed by atoms with Crippen LogP contribution < -0.4 is 5.32 Å². The van der Waals surface area contributed by atoms with Crippen LogP contribution in [0.5, 0.6) is 0 Å². The molecule has 3 heterocycles. The number of aromatic nitrogens is 1. The van der Waals surface area contributed by atoms with Crippen LogP contribution in [0.1, 0.15) is 57.9 Å². The Labute approximate surface area is 144 Å². The minimum absolute atomic E-state index is 0.203. The molecule has 0 spiro atoms. The summed E-state index contributed by atoms with van der Waals surface area (Å²) in [6.45, 7) is 2.13. The zero-order chi connectivity index (χ0) is 16.4. The lowest BCUT2D eigenvalue weighted by Crippen LogP contribution is -2.26. The van der Waals surface area contributed by atoms with Gasteiger partial charge in [0.25, 0.3) is 0 Å². The van der Waals surface area contributed by atoms with E-state index in [4.69, 9.17) is 9.82 Å². The first kappa shape index (κ1) is 15.5. The lowest BCUT2D eigenvalue weighted by atomic mass is 9.98. The van der Waals surface area contributed by atoms with Crippen molar-refractivity contribution in [2.24, 2.45) is 5.16 Å². The van der Waals surface area contributed by atoms with Crippen molar-refractivity contribution >= 4 is 23.3 Å². The summed E-state index contributed by atoms with van der Waals surface area (Å²) in [5, 5.41) is 10.9. The molecule has 4 rings (SSSR count). The molecular formula is C18H19N3O2S. The third-order valence-electron chi connectivity index (χ3n) is 4.64. The monoisotopic (exact) mass is 341 g/mol. The minimum atomic E-state index is -0.203. The van der Waals surface area contributed by atoms with Crippen LogP contribution >= 0.6 is 11.3 Å². The second-order valence-corrected chi connectivity index (χ2v) is 7.07. The summed E-state index contributed by atoms with van der Waals surface area (Å²) < 4.78 is 0. The summed E-state index contributed by atoms with van der Waals surface area (Å²) in [6, 6.07) is 7.51. The molecule has 0 radical (unpaired) electrons. The molecule has 0 amide bonds. The third-order valence-corrected chi connectivity index (χ3v) is 5.65. The molecule has 6 heteroatoms. The SMILES string of the molecule is O=Cc1ccccc1C1CC(c2csc(C3CCNCC3)n2)=NO1. The Morgan fingerprint density at radius 2 is 2.08 bits per heavy atom. The Hall–Kier alpha value is -2.05. The lowest BCUT2D eigenvalue weighted by molar-refractivity contribution is 0.0843. The number of nitrogens with zero attached hydrogens (tertiary/aromatic N) is 2. The van der Waals surface area contributed by atoms with Crippen molar-refractivity contribution in [3.05, 3.63) is 51.5 Å². The highest BCUT2D eigenvalue weighted by atomic mass is 32.1. The van der Waals surface area contributed by atoms with Gasteiger partial charge in [0.2, 0.25) is 0 Å². The largest absolute Gasteiger partial charge is 0.387 e. The van der Waals surface area contributed by atoms with Crippen molar-refractivity contribution in [3.63, 3.8) is 0 Å². The van der Waals surface area contributed by atoms with Crippen LogP contribution in [-0.2, 0) is 4.84 Å². The number of thiazole rings is 1. The van der Waals surface area contributed by atoms with Crippen molar-refractivity contribution in [2.75, 3.05) is 13.1 Å². The number of hydrogen-bond acceptors (Lipinski definition) is 6. The normalized spacial score (nSPS) is 21.3. The fourth-order valence-corrected chi connectivity index (χ4v) is 4.28. The number of oxime groups is 1. The molecule has 24 heavy (non-hydrogen) atoms. The van der Waals surface area contributed by atoms with E-state index in [1.54, 1.807) is 11.3 Å². The Morgan fingerprint density at radius 3 is 2.92 bits per heavy atom. The first-order valence-electron chi connectivity index (χ1n) is 8.28. The molecule has 2 aliphatic heterocycles. The van der Waals surface area contributed by atoms with Gasteiger partial charge in [0, 0.05) is 28.8 Å². The van der Waals surface area contributed by atoms with Crippen molar-refractivity contribution < 1.29 is 9.63 Å². The van der Waals surface area contributed by atoms with Crippen LogP contribution in [0.2, 0.25) is 0 Å². The summed E-state index contributed by atoms with van der Waals surface area (Å²) in [5.74, 6) is 0.555. The summed E-state index contributed by atoms with van der Waals surface area (Å²) in [4.78, 5) is 21.6. The van der Waals surface area contributed by atoms with Crippen molar-refractivity contribution in [3.8, 4) is 0 Å². The van der Waals surface area contributed by atoms with Gasteiger partial charge in [0.15, 0.2) is 6.10 Å². The minimum Gasteiger partial charge on any atom is -0.387 e. The van der Waals surface area contributed by atoms with E-state index in [9.17, 15) is 4.79 Å². The molecule has 1 unspecified atom stereocenters. The second kappa shape index (κ2) is 6.83. The van der Waals surface area contributed by atoms with Crippen molar-refractivity contribution in [1.29, 1.82) is 0 Å². The van der Waals surface area contributed by atoms with Gasteiger partial charge in [-0.15, -0.1) is 11.3 Å². The van der Waals surface area contributed by atoms with E-state index in [0.717, 1.165) is 49.2 Å². The van der Waals surface area contributed by atoms with Crippen molar-refractivity contribution in [2.45, 2.75) is 31.3 Å². The molecule has 2 aromatic rings. The zero-order valence-electron chi connectivity index (χ0n) is 13.3. The first-order chi connectivity index (χ1) is 11.8. The van der Waals surface area contributed by atoms with Gasteiger partial charge >= 0.3 is 0 Å². The van der Waals surface area contributed by atoms with Crippen LogP contribution in [0.3, 0.4) is 0 Å². The molecule has 0 bridgehead atoms. The molecule has 124 valence electrons. The molecule has 1 saturated heterocycles. The predicted octanol–water partition coefficient (Wildman–Crippen LogP) is 3.29. The first-order valence-corrected chi connectivity index (χ1v) is 9.16. The highest BCUT2D eigenvalue weighted by Crippen LogP contribution is 2.33. The lowest BCUT2D eigenvalue weighted by Gasteiger charge is -2.20. The molecule has 0 saturated carbocycles. The Morgan fingerprint density at radius 1 is 1.25 bits per heavy atom. The van der Waals surface area contributed by atoms with E-state index in [1.165, 1.54) is 5.01 Å². The maximum absolute atomic E-state index is 11.2. The highest BCUT2D eigenvalue weighted by Gasteiger charge is 2.28. The van der Waals surface area contributed by atoms with Gasteiger partial charge in [-0.1, -0.05) is 29.4 Å². The zero-order valence-corrected chi connectivity index (χ0v) is 14.1. The Bertz CT molecular complexity index is 765. The topological polar surface area (TPSA) is 63.6 Å². The van der Waals surface area contributed by atoms with Gasteiger partial charge in [-0.05, 0) is 25.9 Å². The van der Waals surface area contributed by atoms with Crippen LogP contribution in [0.25, 0.3) is 0 Å². The average molecular weight is 341 g/mol. The van der Waals surface area contributed by atoms with Gasteiger partial charge in [-0.3, -0.25) is 4.79 Å². The number of rotatable bonds is 4. The number of piperidine rings is 1. The molecule has 1 atom stereocenters. The third kappa shape index (κ3) is 2.99. The number of carbonyl (C=O) groups excluding carboxylic acids is 1. The molecule has 0 aliphatic carbocycles. The molecule has 5 nitrogen and oxygen atoms in total. The number of aldehydes is 1. The van der Waals surface area contributed by atoms with E-state index in [2.05, 4.69) is 15.9 Å². The quantitative estimate of drug-likeness (QED) is 0.867. The van der Waals surface area contributed by atoms with E-state index in [1.807, 2.05) is 24.3 Å². The fourth-order valence-electron chi connectivity index (χ4n) is 3.28.